The minimum atomic E-state index is -1.36. The van der Waals surface area contributed by atoms with Gasteiger partial charge in [-0.2, -0.15) is 0 Å². The standard InChI is InChI=1S/2C3H9O3Si.Fe/c2*1-4-7(5-2)6-3;/h2*1-3H3;. The second-order valence-electron chi connectivity index (χ2n) is 1.72. The molecule has 15 heavy (non-hydrogen) atoms. The molecule has 0 atom stereocenters. The summed E-state index contributed by atoms with van der Waals surface area (Å²) in [4.78, 5) is 0. The minimum Gasteiger partial charge on any atom is -0.375 e. The van der Waals surface area contributed by atoms with E-state index in [4.69, 9.17) is 26.6 Å². The Balaban J connectivity index is -0.000000180. The monoisotopic (exact) mass is 298 g/mol. The van der Waals surface area contributed by atoms with Crippen LogP contribution >= 0.6 is 0 Å². The smallest absolute Gasteiger partial charge is 0.375 e. The van der Waals surface area contributed by atoms with Crippen LogP contribution in [0.15, 0.2) is 0 Å². The van der Waals surface area contributed by atoms with E-state index >= 15 is 0 Å². The van der Waals surface area contributed by atoms with Gasteiger partial charge < -0.3 is 26.6 Å². The van der Waals surface area contributed by atoms with E-state index in [9.17, 15) is 0 Å². The molecule has 0 aromatic heterocycles. The SMILES string of the molecule is CO[Si](OC)OC.CO[Si](OC)OC.[Fe]. The number of hydrogen-bond donors (Lipinski definition) is 0. The first-order valence-electron chi connectivity index (χ1n) is 3.67. The van der Waals surface area contributed by atoms with Gasteiger partial charge in [0.15, 0.2) is 0 Å². The first-order valence-corrected chi connectivity index (χ1v) is 6.12. The van der Waals surface area contributed by atoms with Gasteiger partial charge in [0.05, 0.1) is 0 Å². The van der Waals surface area contributed by atoms with Crippen molar-refractivity contribution in [2.24, 2.45) is 0 Å². The largest absolute Gasteiger partial charge is 0.576 e. The molecule has 0 N–H and O–H groups in total. The van der Waals surface area contributed by atoms with E-state index < -0.39 is 19.1 Å². The second kappa shape index (κ2) is 17.1. The topological polar surface area (TPSA) is 55.4 Å². The van der Waals surface area contributed by atoms with Crippen LogP contribution in [-0.2, 0) is 43.6 Å². The molecule has 0 unspecified atom stereocenters. The Hall–Kier alpha value is 0.713. The molecule has 0 heterocycles. The van der Waals surface area contributed by atoms with Crippen LogP contribution in [-0.4, -0.2) is 61.7 Å². The Morgan fingerprint density at radius 3 is 0.600 bits per heavy atom. The first-order chi connectivity index (χ1) is 6.69. The normalized spacial score (nSPS) is 9.60. The van der Waals surface area contributed by atoms with Crippen molar-refractivity contribution in [3.8, 4) is 0 Å². The summed E-state index contributed by atoms with van der Waals surface area (Å²) in [5.74, 6) is 0. The van der Waals surface area contributed by atoms with E-state index in [2.05, 4.69) is 0 Å². The van der Waals surface area contributed by atoms with Crippen LogP contribution in [0, 0.1) is 0 Å². The van der Waals surface area contributed by atoms with Crippen molar-refractivity contribution in [1.29, 1.82) is 0 Å². The number of rotatable bonds is 6. The molecule has 9 heteroatoms. The molecule has 0 aromatic carbocycles. The average Bonchev–Trinajstić information content (AvgIpc) is 2.24. The van der Waals surface area contributed by atoms with E-state index in [1.807, 2.05) is 0 Å². The van der Waals surface area contributed by atoms with E-state index in [0.717, 1.165) is 0 Å². The van der Waals surface area contributed by atoms with Gasteiger partial charge in [0.25, 0.3) is 0 Å². The van der Waals surface area contributed by atoms with Crippen LogP contribution in [0.4, 0.5) is 0 Å². The van der Waals surface area contributed by atoms with Gasteiger partial charge >= 0.3 is 19.1 Å². The van der Waals surface area contributed by atoms with Crippen LogP contribution in [0.5, 0.6) is 0 Å². The molecule has 0 aliphatic rings. The van der Waals surface area contributed by atoms with Crippen LogP contribution in [0.3, 0.4) is 0 Å². The van der Waals surface area contributed by atoms with Crippen molar-refractivity contribution < 1.29 is 43.6 Å². The third-order valence-corrected chi connectivity index (χ3v) is 3.00. The summed E-state index contributed by atoms with van der Waals surface area (Å²) in [6.45, 7) is 0. The predicted molar refractivity (Wildman–Crippen MR) is 53.6 cm³/mol. The van der Waals surface area contributed by atoms with Crippen molar-refractivity contribution in [3.63, 3.8) is 0 Å². The molecule has 0 amide bonds. The van der Waals surface area contributed by atoms with Gasteiger partial charge in [-0.15, -0.1) is 0 Å². The van der Waals surface area contributed by atoms with Crippen molar-refractivity contribution in [1.82, 2.24) is 0 Å². The van der Waals surface area contributed by atoms with Crippen molar-refractivity contribution in [2.45, 2.75) is 0 Å². The van der Waals surface area contributed by atoms with E-state index in [1.54, 1.807) is 42.7 Å². The molecule has 0 saturated carbocycles. The first kappa shape index (κ1) is 21.0. The van der Waals surface area contributed by atoms with Gasteiger partial charge in [-0.05, 0) is 0 Å². The zero-order valence-corrected chi connectivity index (χ0v) is 12.9. The quantitative estimate of drug-likeness (QED) is 0.634. The van der Waals surface area contributed by atoms with Gasteiger partial charge in [-0.25, -0.2) is 0 Å². The molecule has 2 radical (unpaired) electrons. The van der Waals surface area contributed by atoms with Crippen molar-refractivity contribution in [2.75, 3.05) is 42.7 Å². The van der Waals surface area contributed by atoms with Gasteiger partial charge in [-0.1, -0.05) is 0 Å². The van der Waals surface area contributed by atoms with E-state index in [-0.39, 0.29) is 17.1 Å². The average molecular weight is 298 g/mol. The van der Waals surface area contributed by atoms with Crippen molar-refractivity contribution in [3.05, 3.63) is 0 Å². The zero-order chi connectivity index (χ0) is 11.4. The van der Waals surface area contributed by atoms with Crippen LogP contribution in [0.1, 0.15) is 0 Å². The Morgan fingerprint density at radius 1 is 0.467 bits per heavy atom. The number of hydrogen-bond acceptors (Lipinski definition) is 6. The van der Waals surface area contributed by atoms with Gasteiger partial charge in [0, 0.05) is 59.7 Å². The third-order valence-electron chi connectivity index (χ3n) is 1.00. The molecule has 0 aliphatic carbocycles. The molecular weight excluding hydrogens is 280 g/mol. The Bertz CT molecular complexity index is 80.6. The molecule has 94 valence electrons. The summed E-state index contributed by atoms with van der Waals surface area (Å²) < 4.78 is 28.2. The third kappa shape index (κ3) is 14.7. The van der Waals surface area contributed by atoms with E-state index in [0.29, 0.717) is 0 Å². The van der Waals surface area contributed by atoms with Crippen LogP contribution in [0.2, 0.25) is 0 Å². The fourth-order valence-electron chi connectivity index (χ4n) is 0.500. The van der Waals surface area contributed by atoms with Gasteiger partial charge in [0.2, 0.25) is 0 Å². The summed E-state index contributed by atoms with van der Waals surface area (Å²) in [7, 11) is 6.62. The maximum atomic E-state index is 4.71. The minimum absolute atomic E-state index is 0. The van der Waals surface area contributed by atoms with Gasteiger partial charge in [0.1, 0.15) is 0 Å². The summed E-state index contributed by atoms with van der Waals surface area (Å²) in [5, 5.41) is 0. The van der Waals surface area contributed by atoms with E-state index in [1.165, 1.54) is 0 Å². The molecule has 0 aromatic rings. The van der Waals surface area contributed by atoms with Gasteiger partial charge in [-0.3, -0.25) is 0 Å². The predicted octanol–water partition coefficient (Wildman–Crippen LogP) is -0.181. The molecule has 0 bridgehead atoms. The Kier molecular flexibility index (Phi) is 24.0. The van der Waals surface area contributed by atoms with Crippen molar-refractivity contribution >= 4 is 19.1 Å². The summed E-state index contributed by atoms with van der Waals surface area (Å²) in [5.41, 5.74) is 0. The molecule has 0 spiro atoms. The molecule has 0 saturated heterocycles. The van der Waals surface area contributed by atoms with Crippen LogP contribution < -0.4 is 0 Å². The summed E-state index contributed by atoms with van der Waals surface area (Å²) in [6, 6.07) is 0. The summed E-state index contributed by atoms with van der Waals surface area (Å²) in [6.07, 6.45) is 0. The Morgan fingerprint density at radius 2 is 0.600 bits per heavy atom. The van der Waals surface area contributed by atoms with Crippen LogP contribution in [0.25, 0.3) is 0 Å². The molecule has 6 nitrogen and oxygen atoms in total. The zero-order valence-electron chi connectivity index (χ0n) is 9.80. The fraction of sp³-hybridized carbons (Fsp3) is 1.00. The fourth-order valence-corrected chi connectivity index (χ4v) is 1.50. The second-order valence-corrected chi connectivity index (χ2v) is 5.17. The maximum Gasteiger partial charge on any atom is 0.576 e. The molecule has 0 aliphatic heterocycles. The molecule has 0 rings (SSSR count). The Labute approximate surface area is 106 Å². The molecular formula is C6H18FeO6Si2. The summed E-state index contributed by atoms with van der Waals surface area (Å²) >= 11 is 0. The molecule has 0 fully saturated rings. The maximum absolute atomic E-state index is 4.71.